The topological polar surface area (TPSA) is 63.0 Å². The predicted octanol–water partition coefficient (Wildman–Crippen LogP) is 4.47. The van der Waals surface area contributed by atoms with Crippen LogP contribution in [-0.2, 0) is 11.3 Å². The summed E-state index contributed by atoms with van der Waals surface area (Å²) in [5.74, 6) is -0.288. The number of carbonyl (C=O) groups is 2. The number of furan rings is 1. The summed E-state index contributed by atoms with van der Waals surface area (Å²) in [6.45, 7) is 6.38. The molecule has 0 bridgehead atoms. The molecule has 4 rings (SSSR count). The van der Waals surface area contributed by atoms with Crippen molar-refractivity contribution in [2.24, 2.45) is 0 Å². The minimum Gasteiger partial charge on any atom is -0.472 e. The molecule has 6 nitrogen and oxygen atoms in total. The van der Waals surface area contributed by atoms with Crippen molar-refractivity contribution in [1.29, 1.82) is 0 Å². The zero-order chi connectivity index (χ0) is 22.7. The van der Waals surface area contributed by atoms with Gasteiger partial charge in [0.15, 0.2) is 0 Å². The lowest BCUT2D eigenvalue weighted by atomic mass is 9.99. The Balaban J connectivity index is 1.47. The van der Waals surface area contributed by atoms with Crippen molar-refractivity contribution in [3.05, 3.63) is 83.8 Å². The van der Waals surface area contributed by atoms with Gasteiger partial charge in [-0.15, -0.1) is 0 Å². The number of benzene rings is 2. The third-order valence-corrected chi connectivity index (χ3v) is 6.12. The molecule has 1 aliphatic heterocycles. The summed E-state index contributed by atoms with van der Waals surface area (Å²) >= 11 is 0. The predicted molar refractivity (Wildman–Crippen MR) is 122 cm³/mol. The monoisotopic (exact) mass is 432 g/mol. The second-order valence-corrected chi connectivity index (χ2v) is 8.33. The molecule has 1 aliphatic rings. The Morgan fingerprint density at radius 1 is 1.00 bits per heavy atom. The maximum Gasteiger partial charge on any atom is 0.337 e. The minimum atomic E-state index is -0.332. The fourth-order valence-corrected chi connectivity index (χ4v) is 4.42. The molecular weight excluding hydrogens is 404 g/mol. The van der Waals surface area contributed by atoms with E-state index in [2.05, 4.69) is 18.7 Å². The highest BCUT2D eigenvalue weighted by Gasteiger charge is 2.33. The van der Waals surface area contributed by atoms with E-state index >= 15 is 0 Å². The van der Waals surface area contributed by atoms with E-state index in [1.165, 1.54) is 7.11 Å². The van der Waals surface area contributed by atoms with Crippen LogP contribution in [0.5, 0.6) is 0 Å². The number of amides is 1. The number of nitrogens with zero attached hydrogens (tertiary/aromatic N) is 2. The Morgan fingerprint density at radius 2 is 1.69 bits per heavy atom. The van der Waals surface area contributed by atoms with Gasteiger partial charge in [-0.3, -0.25) is 9.69 Å². The second-order valence-electron chi connectivity index (χ2n) is 8.33. The van der Waals surface area contributed by atoms with Crippen molar-refractivity contribution < 1.29 is 18.7 Å². The molecule has 0 radical (unpaired) electrons. The van der Waals surface area contributed by atoms with E-state index in [0.717, 1.165) is 23.2 Å². The lowest BCUT2D eigenvalue weighted by Crippen LogP contribution is -2.57. The summed E-state index contributed by atoms with van der Waals surface area (Å²) in [5.41, 5.74) is 4.16. The van der Waals surface area contributed by atoms with Gasteiger partial charge < -0.3 is 14.1 Å². The molecule has 3 aromatic rings. The molecule has 1 aromatic heterocycles. The van der Waals surface area contributed by atoms with Crippen LogP contribution in [0.15, 0.2) is 71.5 Å². The maximum absolute atomic E-state index is 13.4. The maximum atomic E-state index is 13.4. The van der Waals surface area contributed by atoms with Gasteiger partial charge in [0.1, 0.15) is 0 Å². The first-order valence-electron chi connectivity index (χ1n) is 10.8. The Kier molecular flexibility index (Phi) is 6.42. The summed E-state index contributed by atoms with van der Waals surface area (Å²) in [6, 6.07) is 17.5. The van der Waals surface area contributed by atoms with Gasteiger partial charge in [0.05, 0.1) is 25.2 Å². The zero-order valence-electron chi connectivity index (χ0n) is 18.7. The molecule has 1 amide bonds. The van der Waals surface area contributed by atoms with Crippen LogP contribution in [0.2, 0.25) is 0 Å². The average molecular weight is 433 g/mol. The summed E-state index contributed by atoms with van der Waals surface area (Å²) in [5, 5.41) is 0. The summed E-state index contributed by atoms with van der Waals surface area (Å²) < 4.78 is 9.99. The molecule has 0 aliphatic carbocycles. The van der Waals surface area contributed by atoms with Crippen molar-refractivity contribution in [1.82, 2.24) is 9.80 Å². The summed E-state index contributed by atoms with van der Waals surface area (Å²) in [6.07, 6.45) is 3.29. The molecule has 1 fully saturated rings. The van der Waals surface area contributed by atoms with Crippen LogP contribution in [0.1, 0.15) is 40.1 Å². The van der Waals surface area contributed by atoms with Gasteiger partial charge >= 0.3 is 5.97 Å². The Hall–Kier alpha value is -3.38. The van der Waals surface area contributed by atoms with Crippen LogP contribution in [-0.4, -0.2) is 54.0 Å². The molecule has 0 saturated carbocycles. The van der Waals surface area contributed by atoms with Gasteiger partial charge in [-0.2, -0.15) is 0 Å². The van der Waals surface area contributed by atoms with Gasteiger partial charge in [0, 0.05) is 42.8 Å². The third-order valence-electron chi connectivity index (χ3n) is 6.12. The van der Waals surface area contributed by atoms with E-state index in [9.17, 15) is 9.59 Å². The van der Waals surface area contributed by atoms with E-state index in [0.29, 0.717) is 24.2 Å². The molecule has 0 spiro atoms. The number of hydrogen-bond donors (Lipinski definition) is 0. The number of ether oxygens (including phenoxy) is 1. The SMILES string of the molecule is COC(=O)c1ccc(CN2[C@H](C)CN(C(=O)c3ccccc3-c3ccoc3)C[C@@H]2C)cc1. The molecular formula is C26H28N2O4. The summed E-state index contributed by atoms with van der Waals surface area (Å²) in [7, 11) is 1.38. The van der Waals surface area contributed by atoms with E-state index < -0.39 is 0 Å². The van der Waals surface area contributed by atoms with Gasteiger partial charge in [-0.25, -0.2) is 4.79 Å². The normalized spacial score (nSPS) is 19.0. The lowest BCUT2D eigenvalue weighted by molar-refractivity contribution is 0.0270. The average Bonchev–Trinajstić information content (AvgIpc) is 3.35. The number of rotatable bonds is 5. The van der Waals surface area contributed by atoms with Gasteiger partial charge in [0.25, 0.3) is 5.91 Å². The van der Waals surface area contributed by atoms with E-state index in [4.69, 9.17) is 9.15 Å². The first kappa shape index (κ1) is 21.8. The van der Waals surface area contributed by atoms with E-state index in [1.807, 2.05) is 47.4 Å². The fourth-order valence-electron chi connectivity index (χ4n) is 4.42. The first-order valence-corrected chi connectivity index (χ1v) is 10.8. The fraction of sp³-hybridized carbons (Fsp3) is 0.308. The largest absolute Gasteiger partial charge is 0.472 e. The van der Waals surface area contributed by atoms with Gasteiger partial charge in [-0.05, 0) is 49.2 Å². The molecule has 1 saturated heterocycles. The molecule has 2 atom stereocenters. The summed E-state index contributed by atoms with van der Waals surface area (Å²) in [4.78, 5) is 29.4. The third kappa shape index (κ3) is 4.46. The molecule has 2 aromatic carbocycles. The van der Waals surface area contributed by atoms with Crippen molar-refractivity contribution in [3.8, 4) is 11.1 Å². The highest BCUT2D eigenvalue weighted by Crippen LogP contribution is 2.27. The Bertz CT molecular complexity index is 1060. The van der Waals surface area contributed by atoms with Crippen molar-refractivity contribution >= 4 is 11.9 Å². The molecule has 0 unspecified atom stereocenters. The quantitative estimate of drug-likeness (QED) is 0.557. The van der Waals surface area contributed by atoms with Crippen molar-refractivity contribution in [3.63, 3.8) is 0 Å². The van der Waals surface area contributed by atoms with Crippen LogP contribution in [0.25, 0.3) is 11.1 Å². The van der Waals surface area contributed by atoms with Crippen LogP contribution in [0.4, 0.5) is 0 Å². The van der Waals surface area contributed by atoms with E-state index in [1.54, 1.807) is 24.7 Å². The molecule has 32 heavy (non-hydrogen) atoms. The molecule has 166 valence electrons. The first-order chi connectivity index (χ1) is 15.5. The Labute approximate surface area is 188 Å². The minimum absolute atomic E-state index is 0.0441. The number of piperazine rings is 1. The van der Waals surface area contributed by atoms with Crippen molar-refractivity contribution in [2.75, 3.05) is 20.2 Å². The van der Waals surface area contributed by atoms with E-state index in [-0.39, 0.29) is 24.0 Å². The van der Waals surface area contributed by atoms with Crippen LogP contribution in [0.3, 0.4) is 0 Å². The Morgan fingerprint density at radius 3 is 2.31 bits per heavy atom. The van der Waals surface area contributed by atoms with Crippen molar-refractivity contribution in [2.45, 2.75) is 32.5 Å². The standard InChI is InChI=1S/C26H28N2O4/c1-18-14-27(25(29)24-7-5-4-6-23(24)22-12-13-32-17-22)15-19(2)28(18)16-20-8-10-21(11-9-20)26(30)31-3/h4-13,17-19H,14-16H2,1-3H3/t18-,19+. The highest BCUT2D eigenvalue weighted by atomic mass is 16.5. The smallest absolute Gasteiger partial charge is 0.337 e. The molecule has 2 heterocycles. The van der Waals surface area contributed by atoms with Crippen LogP contribution < -0.4 is 0 Å². The number of esters is 1. The second kappa shape index (κ2) is 9.40. The van der Waals surface area contributed by atoms with Gasteiger partial charge in [-0.1, -0.05) is 30.3 Å². The number of hydrogen-bond acceptors (Lipinski definition) is 5. The molecule has 6 heteroatoms. The van der Waals surface area contributed by atoms with Crippen LogP contribution in [0, 0.1) is 0 Å². The van der Waals surface area contributed by atoms with Crippen LogP contribution >= 0.6 is 0 Å². The highest BCUT2D eigenvalue weighted by molar-refractivity contribution is 6.01. The number of carbonyl (C=O) groups excluding carboxylic acids is 2. The van der Waals surface area contributed by atoms with Gasteiger partial charge in [0.2, 0.25) is 0 Å². The zero-order valence-corrected chi connectivity index (χ0v) is 18.7. The number of methoxy groups -OCH3 is 1. The lowest BCUT2D eigenvalue weighted by Gasteiger charge is -2.44. The molecule has 0 N–H and O–H groups in total.